The van der Waals surface area contributed by atoms with Crippen LogP contribution in [0.4, 0.5) is 4.79 Å². The highest BCUT2D eigenvalue weighted by molar-refractivity contribution is 7.89. The molecule has 5 saturated carbocycles. The van der Waals surface area contributed by atoms with Gasteiger partial charge in [-0.15, -0.1) is 0 Å². The quantitative estimate of drug-likeness (QED) is 0.186. The number of Topliss-reactive ketones (excluding diaryl/α,β-unsaturated/α-hetero) is 1. The third kappa shape index (κ3) is 8.32. The van der Waals surface area contributed by atoms with Crippen LogP contribution in [0, 0.1) is 28.6 Å². The van der Waals surface area contributed by atoms with E-state index in [0.717, 1.165) is 77.0 Å². The predicted octanol–water partition coefficient (Wildman–Crippen LogP) is 3.22. The number of sulfonamides is 1. The van der Waals surface area contributed by atoms with Gasteiger partial charge in [0.2, 0.25) is 27.6 Å². The SMILES string of the molecule is CCN(C)S(=O)(=O)CC1(NC(=O)N[C@H](C(=O)N2C[C@H]3[C@@H]([C@H]2C(=O)N[C@@H](CC2CC2)C(=O)C(=O)NC2CC2)C3(C)C)C2(C)CCCCC2)CCCCC1. The number of hydrogen-bond acceptors (Lipinski definition) is 7. The average Bonchev–Trinajstić information content (AvgIpc) is 4.06. The molecule has 4 N–H and O–H groups in total. The van der Waals surface area contributed by atoms with Crippen LogP contribution >= 0.6 is 0 Å². The molecule has 0 aromatic carbocycles. The molecule has 0 bridgehead atoms. The molecule has 0 radical (unpaired) electrons. The van der Waals surface area contributed by atoms with Crippen molar-refractivity contribution in [3.63, 3.8) is 0 Å². The molecule has 1 aliphatic heterocycles. The highest BCUT2D eigenvalue weighted by Crippen LogP contribution is 2.65. The van der Waals surface area contributed by atoms with Gasteiger partial charge in [-0.25, -0.2) is 17.5 Å². The van der Waals surface area contributed by atoms with E-state index in [4.69, 9.17) is 0 Å². The van der Waals surface area contributed by atoms with Crippen molar-refractivity contribution in [3.05, 3.63) is 0 Å². The lowest BCUT2D eigenvalue weighted by atomic mass is 9.70. The van der Waals surface area contributed by atoms with E-state index >= 15 is 0 Å². The van der Waals surface area contributed by atoms with Crippen molar-refractivity contribution in [2.24, 2.45) is 28.6 Å². The van der Waals surface area contributed by atoms with Gasteiger partial charge in [0.25, 0.3) is 5.91 Å². The molecule has 5 aliphatic carbocycles. The standard InChI is InChI=1S/C38H62N6O7S/c1-6-43(5)52(50,51)23-38(19-11-8-12-20-38)42-35(49)41-31(37(4)17-9-7-10-18-37)34(48)44-22-26-28(36(26,2)3)29(44)32(46)40-27(21-24-13-14-24)30(45)33(47)39-25-15-16-25/h24-29,31H,6-23H2,1-5H3,(H,39,47)(H,40,46)(H2,41,42,49)/t26-,27-,28-,29-,31+/m0/s1. The number of carbonyl (C=O) groups is 5. The number of rotatable bonds is 15. The van der Waals surface area contributed by atoms with Crippen molar-refractivity contribution in [3.8, 4) is 0 Å². The smallest absolute Gasteiger partial charge is 0.315 e. The van der Waals surface area contributed by atoms with Gasteiger partial charge in [-0.05, 0) is 73.5 Å². The first kappa shape index (κ1) is 39.0. The van der Waals surface area contributed by atoms with E-state index in [1.165, 1.54) is 4.31 Å². The number of fused-ring (bicyclic) bond motifs is 1. The van der Waals surface area contributed by atoms with Gasteiger partial charge in [0.1, 0.15) is 12.1 Å². The van der Waals surface area contributed by atoms with Crippen LogP contribution in [0.25, 0.3) is 0 Å². The fourth-order valence-electron chi connectivity index (χ4n) is 9.58. The van der Waals surface area contributed by atoms with Crippen LogP contribution in [-0.2, 0) is 29.2 Å². The van der Waals surface area contributed by atoms with Crippen LogP contribution in [0.5, 0.6) is 0 Å². The lowest BCUT2D eigenvalue weighted by molar-refractivity contribution is -0.146. The number of urea groups is 1. The van der Waals surface area contributed by atoms with Crippen molar-refractivity contribution < 1.29 is 32.4 Å². The fourth-order valence-corrected chi connectivity index (χ4v) is 11.3. The van der Waals surface area contributed by atoms with Gasteiger partial charge in [0, 0.05) is 26.2 Å². The molecule has 1 heterocycles. The topological polar surface area (TPSA) is 174 Å². The predicted molar refractivity (Wildman–Crippen MR) is 196 cm³/mol. The number of likely N-dealkylation sites (tertiary alicyclic amines) is 1. The van der Waals surface area contributed by atoms with Crippen molar-refractivity contribution in [1.29, 1.82) is 0 Å². The number of nitrogens with one attached hydrogen (secondary N) is 4. The summed E-state index contributed by atoms with van der Waals surface area (Å²) in [4.78, 5) is 71.1. The summed E-state index contributed by atoms with van der Waals surface area (Å²) >= 11 is 0. The Morgan fingerprint density at radius 1 is 0.865 bits per heavy atom. The Bertz CT molecular complexity index is 1510. The average molecular weight is 747 g/mol. The molecule has 292 valence electrons. The van der Waals surface area contributed by atoms with Crippen molar-refractivity contribution in [1.82, 2.24) is 30.5 Å². The van der Waals surface area contributed by atoms with Gasteiger partial charge in [-0.1, -0.05) is 79.1 Å². The molecule has 13 nitrogen and oxygen atoms in total. The maximum atomic E-state index is 14.9. The van der Waals surface area contributed by atoms with E-state index in [9.17, 15) is 32.4 Å². The minimum atomic E-state index is -3.64. The zero-order chi connectivity index (χ0) is 37.6. The van der Waals surface area contributed by atoms with E-state index in [2.05, 4.69) is 35.1 Å². The highest BCUT2D eigenvalue weighted by Gasteiger charge is 2.70. The van der Waals surface area contributed by atoms with E-state index in [0.29, 0.717) is 32.4 Å². The second kappa shape index (κ2) is 14.8. The largest absolute Gasteiger partial charge is 0.347 e. The second-order valence-electron chi connectivity index (χ2n) is 18.0. The third-order valence-corrected chi connectivity index (χ3v) is 15.7. The second-order valence-corrected chi connectivity index (χ2v) is 20.1. The number of piperidine rings is 1. The van der Waals surface area contributed by atoms with E-state index in [1.54, 1.807) is 18.9 Å². The zero-order valence-electron chi connectivity index (χ0n) is 31.9. The summed E-state index contributed by atoms with van der Waals surface area (Å²) in [5, 5.41) is 11.8. The first-order chi connectivity index (χ1) is 24.5. The van der Waals surface area contributed by atoms with Gasteiger partial charge in [-0.2, -0.15) is 0 Å². The van der Waals surface area contributed by atoms with Gasteiger partial charge in [-0.3, -0.25) is 19.2 Å². The maximum Gasteiger partial charge on any atom is 0.315 e. The first-order valence-corrected chi connectivity index (χ1v) is 21.6. The Hall–Kier alpha value is -2.74. The summed E-state index contributed by atoms with van der Waals surface area (Å²) in [6, 6.07) is -3.28. The lowest BCUT2D eigenvalue weighted by Crippen LogP contribution is -2.65. The Morgan fingerprint density at radius 2 is 1.48 bits per heavy atom. The number of nitrogens with zero attached hydrogens (tertiary/aromatic N) is 2. The molecular formula is C38H62N6O7S. The molecule has 0 aromatic heterocycles. The van der Waals surface area contributed by atoms with Crippen molar-refractivity contribution in [2.45, 2.75) is 154 Å². The van der Waals surface area contributed by atoms with E-state index < -0.39 is 62.7 Å². The highest BCUT2D eigenvalue weighted by atomic mass is 32.2. The minimum absolute atomic E-state index is 0.0163. The Labute approximate surface area is 309 Å². The van der Waals surface area contributed by atoms with Crippen LogP contribution in [-0.4, -0.2) is 103 Å². The molecule has 0 aromatic rings. The van der Waals surface area contributed by atoms with Crippen LogP contribution in [0.1, 0.15) is 124 Å². The molecule has 5 amide bonds. The van der Waals surface area contributed by atoms with Gasteiger partial charge >= 0.3 is 6.03 Å². The normalized spacial score (nSPS) is 28.6. The van der Waals surface area contributed by atoms with Crippen LogP contribution < -0.4 is 21.3 Å². The summed E-state index contributed by atoms with van der Waals surface area (Å²) in [7, 11) is -2.09. The minimum Gasteiger partial charge on any atom is -0.347 e. The molecule has 14 heteroatoms. The molecule has 0 unspecified atom stereocenters. The van der Waals surface area contributed by atoms with Crippen LogP contribution in [0.15, 0.2) is 0 Å². The fraction of sp³-hybridized carbons (Fsp3) is 0.868. The lowest BCUT2D eigenvalue weighted by Gasteiger charge is -2.44. The summed E-state index contributed by atoms with van der Waals surface area (Å²) in [5.74, 6) is -2.01. The van der Waals surface area contributed by atoms with Crippen LogP contribution in [0.2, 0.25) is 0 Å². The van der Waals surface area contributed by atoms with E-state index in [1.807, 2.05) is 6.92 Å². The number of ketones is 1. The van der Waals surface area contributed by atoms with Gasteiger partial charge in [0.15, 0.2) is 0 Å². The summed E-state index contributed by atoms with van der Waals surface area (Å²) in [5.41, 5.74) is -1.71. The molecule has 6 aliphatic rings. The van der Waals surface area contributed by atoms with Crippen molar-refractivity contribution in [2.75, 3.05) is 25.9 Å². The van der Waals surface area contributed by atoms with Crippen LogP contribution in [0.3, 0.4) is 0 Å². The zero-order valence-corrected chi connectivity index (χ0v) is 32.7. The molecular weight excluding hydrogens is 685 g/mol. The van der Waals surface area contributed by atoms with E-state index in [-0.39, 0.29) is 40.9 Å². The monoisotopic (exact) mass is 746 g/mol. The number of amides is 5. The Kier molecular flexibility index (Phi) is 11.1. The van der Waals surface area contributed by atoms with Gasteiger partial charge in [0.05, 0.1) is 17.3 Å². The summed E-state index contributed by atoms with van der Waals surface area (Å²) < 4.78 is 27.9. The molecule has 5 atom stereocenters. The number of carbonyl (C=O) groups excluding carboxylic acids is 5. The van der Waals surface area contributed by atoms with Crippen molar-refractivity contribution >= 4 is 39.6 Å². The summed E-state index contributed by atoms with van der Waals surface area (Å²) in [6.07, 6.45) is 11.9. The Balaban J connectivity index is 1.23. The Morgan fingerprint density at radius 3 is 2.06 bits per heavy atom. The van der Waals surface area contributed by atoms with Gasteiger partial charge < -0.3 is 26.2 Å². The molecule has 6 fully saturated rings. The third-order valence-electron chi connectivity index (χ3n) is 13.6. The number of hydrogen-bond donors (Lipinski definition) is 4. The maximum absolute atomic E-state index is 14.9. The molecule has 6 rings (SSSR count). The first-order valence-electron chi connectivity index (χ1n) is 20.0. The molecule has 1 saturated heterocycles. The molecule has 0 spiro atoms. The summed E-state index contributed by atoms with van der Waals surface area (Å²) in [6.45, 7) is 8.69. The molecule has 52 heavy (non-hydrogen) atoms.